The van der Waals surface area contributed by atoms with Crippen LogP contribution in [0.2, 0.25) is 0 Å². The molecule has 0 saturated carbocycles. The van der Waals surface area contributed by atoms with Gasteiger partial charge in [0.05, 0.1) is 6.33 Å². The lowest BCUT2D eigenvalue weighted by molar-refractivity contribution is 0.332. The molecule has 2 N–H and O–H groups in total. The van der Waals surface area contributed by atoms with Crippen molar-refractivity contribution in [1.29, 1.82) is 0 Å². The normalized spacial score (nSPS) is 12.5. The molecule has 0 aromatic carbocycles. The van der Waals surface area contributed by atoms with Crippen molar-refractivity contribution in [3.8, 4) is 0 Å². The molecular formula is C17H33N5. The lowest BCUT2D eigenvalue weighted by atomic mass is 9.87. The van der Waals surface area contributed by atoms with Crippen LogP contribution < -0.4 is 10.6 Å². The fraction of sp³-hybridized carbons (Fsp3) is 0.765. The number of hydrogen-bond acceptors (Lipinski definition) is 2. The summed E-state index contributed by atoms with van der Waals surface area (Å²) in [4.78, 5) is 8.80. The van der Waals surface area contributed by atoms with Gasteiger partial charge in [-0.2, -0.15) is 0 Å². The van der Waals surface area contributed by atoms with E-state index < -0.39 is 0 Å². The molecule has 5 nitrogen and oxygen atoms in total. The molecule has 0 spiro atoms. The van der Waals surface area contributed by atoms with E-state index in [4.69, 9.17) is 4.99 Å². The van der Waals surface area contributed by atoms with Crippen LogP contribution in [0.25, 0.3) is 0 Å². The highest BCUT2D eigenvalue weighted by atomic mass is 15.2. The second-order valence-electron chi connectivity index (χ2n) is 6.54. The molecular weight excluding hydrogens is 274 g/mol. The second kappa shape index (κ2) is 10.2. The molecule has 0 saturated heterocycles. The van der Waals surface area contributed by atoms with Crippen LogP contribution in [0.5, 0.6) is 0 Å². The smallest absolute Gasteiger partial charge is 0.191 e. The van der Waals surface area contributed by atoms with Crippen molar-refractivity contribution in [2.45, 2.75) is 59.9 Å². The van der Waals surface area contributed by atoms with E-state index in [2.05, 4.69) is 47.9 Å². The maximum atomic E-state index is 4.75. The maximum Gasteiger partial charge on any atom is 0.191 e. The van der Waals surface area contributed by atoms with Crippen LogP contribution in [-0.2, 0) is 6.54 Å². The summed E-state index contributed by atoms with van der Waals surface area (Å²) in [7, 11) is 0. The number of unbranched alkanes of at least 4 members (excludes halogenated alkanes) is 2. The van der Waals surface area contributed by atoms with E-state index in [-0.39, 0.29) is 5.41 Å². The SMILES string of the molecule is CCCCCC(C)(C)CN=C(NCC)NCCn1ccnc1. The molecule has 0 aliphatic rings. The molecule has 0 aliphatic heterocycles. The molecule has 0 atom stereocenters. The number of aromatic nitrogens is 2. The van der Waals surface area contributed by atoms with Crippen LogP contribution in [0, 0.1) is 5.41 Å². The fourth-order valence-corrected chi connectivity index (χ4v) is 2.29. The van der Waals surface area contributed by atoms with Crippen molar-refractivity contribution in [2.24, 2.45) is 10.4 Å². The van der Waals surface area contributed by atoms with Crippen LogP contribution in [-0.4, -0.2) is 35.1 Å². The predicted molar refractivity (Wildman–Crippen MR) is 94.1 cm³/mol. The monoisotopic (exact) mass is 307 g/mol. The Morgan fingerprint density at radius 1 is 1.23 bits per heavy atom. The zero-order chi connectivity index (χ0) is 16.3. The molecule has 5 heteroatoms. The van der Waals surface area contributed by atoms with E-state index in [9.17, 15) is 0 Å². The third-order valence-corrected chi connectivity index (χ3v) is 3.69. The topological polar surface area (TPSA) is 54.2 Å². The lowest BCUT2D eigenvalue weighted by Gasteiger charge is -2.23. The Balaban J connectivity index is 2.39. The van der Waals surface area contributed by atoms with Gasteiger partial charge in [-0.3, -0.25) is 4.99 Å². The zero-order valence-corrected chi connectivity index (χ0v) is 14.7. The Morgan fingerprint density at radius 3 is 2.68 bits per heavy atom. The zero-order valence-electron chi connectivity index (χ0n) is 14.7. The first-order chi connectivity index (χ1) is 10.6. The van der Waals surface area contributed by atoms with E-state index in [1.165, 1.54) is 25.7 Å². The first kappa shape index (κ1) is 18.5. The van der Waals surface area contributed by atoms with Crippen LogP contribution >= 0.6 is 0 Å². The summed E-state index contributed by atoms with van der Waals surface area (Å²) in [6, 6.07) is 0. The van der Waals surface area contributed by atoms with Crippen molar-refractivity contribution in [1.82, 2.24) is 20.2 Å². The summed E-state index contributed by atoms with van der Waals surface area (Å²) >= 11 is 0. The number of nitrogens with one attached hydrogen (secondary N) is 2. The van der Waals surface area contributed by atoms with Gasteiger partial charge in [-0.25, -0.2) is 4.98 Å². The fourth-order valence-electron chi connectivity index (χ4n) is 2.29. The van der Waals surface area contributed by atoms with Gasteiger partial charge < -0.3 is 15.2 Å². The number of hydrogen-bond donors (Lipinski definition) is 2. The highest BCUT2D eigenvalue weighted by Gasteiger charge is 2.16. The average molecular weight is 307 g/mol. The van der Waals surface area contributed by atoms with Gasteiger partial charge in [-0.05, 0) is 18.8 Å². The van der Waals surface area contributed by atoms with Gasteiger partial charge in [0.25, 0.3) is 0 Å². The Hall–Kier alpha value is -1.52. The van der Waals surface area contributed by atoms with E-state index in [1.54, 1.807) is 6.20 Å². The van der Waals surface area contributed by atoms with Crippen molar-refractivity contribution in [3.63, 3.8) is 0 Å². The molecule has 1 aromatic rings. The minimum Gasteiger partial charge on any atom is -0.357 e. The van der Waals surface area contributed by atoms with Crippen LogP contribution in [0.1, 0.15) is 53.4 Å². The summed E-state index contributed by atoms with van der Waals surface area (Å²) < 4.78 is 2.06. The highest BCUT2D eigenvalue weighted by Crippen LogP contribution is 2.23. The van der Waals surface area contributed by atoms with Gasteiger partial charge in [0, 0.05) is 38.6 Å². The average Bonchev–Trinajstić information content (AvgIpc) is 2.98. The summed E-state index contributed by atoms with van der Waals surface area (Å²) in [6.45, 7) is 12.4. The molecule has 1 rings (SSSR count). The summed E-state index contributed by atoms with van der Waals surface area (Å²) in [5.74, 6) is 0.909. The standard InChI is InChI=1S/C17H33N5/c1-5-7-8-9-17(3,4)14-21-16(19-6-2)20-11-13-22-12-10-18-15-22/h10,12,15H,5-9,11,13-14H2,1-4H3,(H2,19,20,21). The van der Waals surface area contributed by atoms with Crippen molar-refractivity contribution in [2.75, 3.05) is 19.6 Å². The third kappa shape index (κ3) is 8.05. The highest BCUT2D eigenvalue weighted by molar-refractivity contribution is 5.79. The predicted octanol–water partition coefficient (Wildman–Crippen LogP) is 3.04. The molecule has 0 amide bonds. The van der Waals surface area contributed by atoms with Crippen molar-refractivity contribution >= 4 is 5.96 Å². The first-order valence-electron chi connectivity index (χ1n) is 8.55. The van der Waals surface area contributed by atoms with Crippen molar-refractivity contribution in [3.05, 3.63) is 18.7 Å². The van der Waals surface area contributed by atoms with Gasteiger partial charge in [-0.1, -0.05) is 40.0 Å². The van der Waals surface area contributed by atoms with E-state index in [1.807, 2.05) is 12.5 Å². The maximum absolute atomic E-state index is 4.75. The third-order valence-electron chi connectivity index (χ3n) is 3.69. The minimum atomic E-state index is 0.266. The van der Waals surface area contributed by atoms with Gasteiger partial charge in [0.15, 0.2) is 5.96 Å². The van der Waals surface area contributed by atoms with Gasteiger partial charge in [-0.15, -0.1) is 0 Å². The molecule has 1 aromatic heterocycles. The molecule has 126 valence electrons. The van der Waals surface area contributed by atoms with Gasteiger partial charge in [0.1, 0.15) is 0 Å². The number of aliphatic imine (C=N–C) groups is 1. The Morgan fingerprint density at radius 2 is 2.05 bits per heavy atom. The Kier molecular flexibility index (Phi) is 8.63. The lowest BCUT2D eigenvalue weighted by Crippen LogP contribution is -2.39. The van der Waals surface area contributed by atoms with E-state index >= 15 is 0 Å². The molecule has 0 unspecified atom stereocenters. The summed E-state index contributed by atoms with van der Waals surface area (Å²) in [5, 5.41) is 6.71. The second-order valence-corrected chi connectivity index (χ2v) is 6.54. The van der Waals surface area contributed by atoms with Crippen molar-refractivity contribution < 1.29 is 0 Å². The minimum absolute atomic E-state index is 0.266. The van der Waals surface area contributed by atoms with E-state index in [0.717, 1.165) is 32.1 Å². The van der Waals surface area contributed by atoms with Gasteiger partial charge in [0.2, 0.25) is 0 Å². The number of imidazole rings is 1. The molecule has 0 aliphatic carbocycles. The van der Waals surface area contributed by atoms with Crippen LogP contribution in [0.15, 0.2) is 23.7 Å². The quantitative estimate of drug-likeness (QED) is 0.397. The number of guanidine groups is 1. The summed E-state index contributed by atoms with van der Waals surface area (Å²) in [6.07, 6.45) is 10.7. The molecule has 22 heavy (non-hydrogen) atoms. The van der Waals surface area contributed by atoms with Crippen LogP contribution in [0.3, 0.4) is 0 Å². The Bertz CT molecular complexity index is 409. The molecule has 0 fully saturated rings. The largest absolute Gasteiger partial charge is 0.357 e. The molecule has 0 bridgehead atoms. The summed E-state index contributed by atoms with van der Waals surface area (Å²) in [5.41, 5.74) is 0.266. The number of rotatable bonds is 10. The molecule has 0 radical (unpaired) electrons. The van der Waals surface area contributed by atoms with Crippen LogP contribution in [0.4, 0.5) is 0 Å². The van der Waals surface area contributed by atoms with Gasteiger partial charge >= 0.3 is 0 Å². The first-order valence-corrected chi connectivity index (χ1v) is 8.55. The number of nitrogens with zero attached hydrogens (tertiary/aromatic N) is 3. The van der Waals surface area contributed by atoms with E-state index in [0.29, 0.717) is 0 Å². The Labute approximate surface area is 135 Å². The molecule has 1 heterocycles.